The molecule has 2 aromatic heterocycles. The lowest BCUT2D eigenvalue weighted by Gasteiger charge is -2.15. The summed E-state index contributed by atoms with van der Waals surface area (Å²) in [7, 11) is 0. The van der Waals surface area contributed by atoms with E-state index in [1.165, 1.54) is 5.56 Å². The molecule has 0 aliphatic carbocycles. The van der Waals surface area contributed by atoms with Crippen molar-refractivity contribution >= 4 is 0 Å². The van der Waals surface area contributed by atoms with Crippen LogP contribution in [0.5, 0.6) is 0 Å². The maximum absolute atomic E-state index is 9.72. The number of hydrogen-bond acceptors (Lipinski definition) is 5. The molecule has 2 atom stereocenters. The lowest BCUT2D eigenvalue weighted by atomic mass is 9.92. The first-order chi connectivity index (χ1) is 10.7. The van der Waals surface area contributed by atoms with Crippen molar-refractivity contribution in [1.29, 1.82) is 0 Å². The Bertz CT molecular complexity index is 598. The summed E-state index contributed by atoms with van der Waals surface area (Å²) in [5, 5.41) is 14.2. The summed E-state index contributed by atoms with van der Waals surface area (Å²) in [6.07, 6.45) is 9.32. The monoisotopic (exact) mass is 301 g/mol. The predicted octanol–water partition coefficient (Wildman–Crippen LogP) is 1.46. The molecule has 1 saturated heterocycles. The van der Waals surface area contributed by atoms with Crippen LogP contribution in [0.25, 0.3) is 0 Å². The lowest BCUT2D eigenvalue weighted by molar-refractivity contribution is 0.214. The first kappa shape index (κ1) is 15.1. The molecule has 0 radical (unpaired) electrons. The van der Waals surface area contributed by atoms with Crippen LogP contribution in [-0.2, 0) is 6.54 Å². The molecular formula is C16H23N5O. The van der Waals surface area contributed by atoms with Gasteiger partial charge in [0.1, 0.15) is 6.33 Å². The zero-order valence-corrected chi connectivity index (χ0v) is 13.1. The van der Waals surface area contributed by atoms with Crippen LogP contribution in [-0.4, -0.2) is 49.5 Å². The van der Waals surface area contributed by atoms with Crippen molar-refractivity contribution in [2.45, 2.75) is 32.4 Å². The van der Waals surface area contributed by atoms with Gasteiger partial charge >= 0.3 is 0 Å². The summed E-state index contributed by atoms with van der Waals surface area (Å²) in [4.78, 5) is 10.5. The maximum atomic E-state index is 9.72. The van der Waals surface area contributed by atoms with Crippen LogP contribution >= 0.6 is 0 Å². The van der Waals surface area contributed by atoms with Crippen LogP contribution in [0.1, 0.15) is 36.9 Å². The van der Waals surface area contributed by atoms with E-state index in [1.54, 1.807) is 6.33 Å². The highest BCUT2D eigenvalue weighted by atomic mass is 16.3. The van der Waals surface area contributed by atoms with Gasteiger partial charge in [0.2, 0.25) is 0 Å². The Labute approximate surface area is 130 Å². The average molecular weight is 301 g/mol. The summed E-state index contributed by atoms with van der Waals surface area (Å²) in [5.74, 6) is 0.594. The zero-order chi connectivity index (χ0) is 15.5. The minimum Gasteiger partial charge on any atom is -0.396 e. The fourth-order valence-electron chi connectivity index (χ4n) is 3.15. The Morgan fingerprint density at radius 3 is 2.64 bits per heavy atom. The molecule has 0 amide bonds. The molecule has 0 spiro atoms. The number of rotatable bonds is 5. The van der Waals surface area contributed by atoms with Gasteiger partial charge in [-0.1, -0.05) is 0 Å². The normalized spacial score (nSPS) is 22.5. The third-order valence-electron chi connectivity index (χ3n) is 4.35. The van der Waals surface area contributed by atoms with Gasteiger partial charge in [-0.15, -0.1) is 0 Å². The Balaban J connectivity index is 1.71. The fraction of sp³-hybridized carbons (Fsp3) is 0.562. The molecule has 0 bridgehead atoms. The van der Waals surface area contributed by atoms with Gasteiger partial charge < -0.3 is 5.11 Å². The van der Waals surface area contributed by atoms with Gasteiger partial charge in [0, 0.05) is 68.3 Å². The summed E-state index contributed by atoms with van der Waals surface area (Å²) in [5.41, 5.74) is 2.33. The van der Waals surface area contributed by atoms with E-state index in [1.807, 2.05) is 23.3 Å². The number of nitrogens with zero attached hydrogens (tertiary/aromatic N) is 5. The molecule has 6 nitrogen and oxygen atoms in total. The third kappa shape index (κ3) is 3.18. The van der Waals surface area contributed by atoms with Gasteiger partial charge in [-0.05, 0) is 19.4 Å². The fourth-order valence-corrected chi connectivity index (χ4v) is 3.15. The topological polar surface area (TPSA) is 67.1 Å². The van der Waals surface area contributed by atoms with Crippen molar-refractivity contribution in [3.8, 4) is 0 Å². The van der Waals surface area contributed by atoms with Crippen LogP contribution < -0.4 is 0 Å². The largest absolute Gasteiger partial charge is 0.396 e. The SMILES string of the molecule is CC(C)n1cc([C@@H]2CN(Cc3cncnc3)C[C@H]2CO)cn1. The van der Waals surface area contributed by atoms with Crippen molar-refractivity contribution < 1.29 is 5.11 Å². The highest BCUT2D eigenvalue weighted by molar-refractivity contribution is 5.17. The highest BCUT2D eigenvalue weighted by Gasteiger charge is 2.34. The lowest BCUT2D eigenvalue weighted by Crippen LogP contribution is -2.21. The van der Waals surface area contributed by atoms with Gasteiger partial charge in [0.15, 0.2) is 0 Å². The molecule has 118 valence electrons. The molecule has 0 unspecified atom stereocenters. The molecule has 1 aliphatic heterocycles. The smallest absolute Gasteiger partial charge is 0.115 e. The number of likely N-dealkylation sites (tertiary alicyclic amines) is 1. The molecule has 6 heteroatoms. The molecule has 1 N–H and O–H groups in total. The number of hydrogen-bond donors (Lipinski definition) is 1. The van der Waals surface area contributed by atoms with Crippen LogP contribution in [0.4, 0.5) is 0 Å². The summed E-state index contributed by atoms with van der Waals surface area (Å²) in [6, 6.07) is 0.361. The number of aliphatic hydroxyl groups excluding tert-OH is 1. The van der Waals surface area contributed by atoms with E-state index >= 15 is 0 Å². The van der Waals surface area contributed by atoms with Crippen molar-refractivity contribution in [2.24, 2.45) is 5.92 Å². The van der Waals surface area contributed by atoms with E-state index < -0.39 is 0 Å². The van der Waals surface area contributed by atoms with Gasteiger partial charge in [0.25, 0.3) is 0 Å². The van der Waals surface area contributed by atoms with E-state index in [4.69, 9.17) is 0 Å². The van der Waals surface area contributed by atoms with Crippen molar-refractivity contribution in [2.75, 3.05) is 19.7 Å². The van der Waals surface area contributed by atoms with Crippen LogP contribution in [0.3, 0.4) is 0 Å². The Kier molecular flexibility index (Phi) is 4.49. The van der Waals surface area contributed by atoms with E-state index in [0.717, 1.165) is 25.2 Å². The van der Waals surface area contributed by atoms with Gasteiger partial charge in [0.05, 0.1) is 6.20 Å². The molecule has 3 rings (SSSR count). The minimum absolute atomic E-state index is 0.208. The first-order valence-electron chi connectivity index (χ1n) is 7.78. The number of aliphatic hydroxyl groups is 1. The molecule has 1 fully saturated rings. The van der Waals surface area contributed by atoms with Gasteiger partial charge in [-0.25, -0.2) is 9.97 Å². The van der Waals surface area contributed by atoms with E-state index in [2.05, 4.69) is 40.0 Å². The second-order valence-electron chi connectivity index (χ2n) is 6.34. The average Bonchev–Trinajstić information content (AvgIpc) is 3.14. The van der Waals surface area contributed by atoms with Gasteiger partial charge in [-0.3, -0.25) is 9.58 Å². The van der Waals surface area contributed by atoms with Crippen LogP contribution in [0.2, 0.25) is 0 Å². The Hall–Kier alpha value is -1.79. The van der Waals surface area contributed by atoms with Crippen molar-refractivity contribution in [3.63, 3.8) is 0 Å². The second kappa shape index (κ2) is 6.54. The molecule has 3 heterocycles. The first-order valence-corrected chi connectivity index (χ1v) is 7.78. The molecule has 1 aliphatic rings. The predicted molar refractivity (Wildman–Crippen MR) is 83.2 cm³/mol. The van der Waals surface area contributed by atoms with Crippen LogP contribution in [0.15, 0.2) is 31.1 Å². The quantitative estimate of drug-likeness (QED) is 0.905. The van der Waals surface area contributed by atoms with E-state index in [-0.39, 0.29) is 12.5 Å². The second-order valence-corrected chi connectivity index (χ2v) is 6.34. The summed E-state index contributed by atoms with van der Waals surface area (Å²) < 4.78 is 1.98. The zero-order valence-electron chi connectivity index (χ0n) is 13.1. The van der Waals surface area contributed by atoms with Crippen molar-refractivity contribution in [3.05, 3.63) is 42.2 Å². The summed E-state index contributed by atoms with van der Waals surface area (Å²) in [6.45, 7) is 7.10. The van der Waals surface area contributed by atoms with Gasteiger partial charge in [-0.2, -0.15) is 5.10 Å². The maximum Gasteiger partial charge on any atom is 0.115 e. The number of aromatic nitrogens is 4. The molecule has 22 heavy (non-hydrogen) atoms. The minimum atomic E-state index is 0.208. The Morgan fingerprint density at radius 2 is 2.00 bits per heavy atom. The molecule has 0 aromatic carbocycles. The van der Waals surface area contributed by atoms with Crippen LogP contribution in [0, 0.1) is 5.92 Å². The van der Waals surface area contributed by atoms with E-state index in [9.17, 15) is 5.11 Å². The molecule has 0 saturated carbocycles. The Morgan fingerprint density at radius 1 is 1.23 bits per heavy atom. The van der Waals surface area contributed by atoms with E-state index in [0.29, 0.717) is 12.0 Å². The molecular weight excluding hydrogens is 278 g/mol. The molecule has 2 aromatic rings. The standard InChI is InChI=1S/C16H23N5O/c1-12(2)21-8-14(5-19-21)16-9-20(7-15(16)10-22)6-13-3-17-11-18-4-13/h3-5,8,11-12,15-16,22H,6-7,9-10H2,1-2H3/t15-,16-/m0/s1. The highest BCUT2D eigenvalue weighted by Crippen LogP contribution is 2.33. The third-order valence-corrected chi connectivity index (χ3v) is 4.35. The van der Waals surface area contributed by atoms with Crippen molar-refractivity contribution in [1.82, 2.24) is 24.6 Å². The summed E-state index contributed by atoms with van der Waals surface area (Å²) >= 11 is 0.